The lowest BCUT2D eigenvalue weighted by molar-refractivity contribution is -0.123. The number of carbonyl (C=O) groups excluding carboxylic acids is 1. The number of aliphatic hydroxyl groups is 1. The summed E-state index contributed by atoms with van der Waals surface area (Å²) >= 11 is 0. The average Bonchev–Trinajstić information content (AvgIpc) is 2.53. The predicted octanol–water partition coefficient (Wildman–Crippen LogP) is 3.33. The van der Waals surface area contributed by atoms with Crippen molar-refractivity contribution < 1.29 is 9.90 Å². The Morgan fingerprint density at radius 2 is 1.40 bits per heavy atom. The molecule has 0 amide bonds. The topological polar surface area (TPSA) is 37.3 Å². The first-order valence-electron chi connectivity index (χ1n) is 7.01. The third-order valence-electron chi connectivity index (χ3n) is 3.82. The van der Waals surface area contributed by atoms with E-state index in [0.717, 1.165) is 11.1 Å². The van der Waals surface area contributed by atoms with Gasteiger partial charge in [-0.25, -0.2) is 0 Å². The third kappa shape index (κ3) is 2.52. The monoisotopic (exact) mass is 268 g/mol. The fraction of sp³-hybridized carbons (Fsp3) is 0.278. The van der Waals surface area contributed by atoms with Crippen molar-refractivity contribution in [2.75, 3.05) is 6.61 Å². The standard InChI is InChI=1S/C18H20O2/c1-2-17(20)18(13-14-19,15-9-5-3-6-10-15)16-11-7-4-8-12-16/h3-12,19H,2,13-14H2,1H3. The maximum absolute atomic E-state index is 12.7. The van der Waals surface area contributed by atoms with Crippen LogP contribution in [0.4, 0.5) is 0 Å². The van der Waals surface area contributed by atoms with E-state index in [1.165, 1.54) is 0 Å². The lowest BCUT2D eigenvalue weighted by Gasteiger charge is -2.33. The smallest absolute Gasteiger partial charge is 0.147 e. The van der Waals surface area contributed by atoms with Gasteiger partial charge in [0.25, 0.3) is 0 Å². The number of Topliss-reactive ketones (excluding diaryl/α,β-unsaturated/α-hetero) is 1. The molecule has 0 bridgehead atoms. The zero-order valence-corrected chi connectivity index (χ0v) is 11.8. The maximum atomic E-state index is 12.7. The molecule has 0 heterocycles. The van der Waals surface area contributed by atoms with Crippen LogP contribution in [-0.2, 0) is 10.2 Å². The van der Waals surface area contributed by atoms with Crippen molar-refractivity contribution in [1.29, 1.82) is 0 Å². The Balaban J connectivity index is 2.66. The molecular weight excluding hydrogens is 248 g/mol. The first-order valence-corrected chi connectivity index (χ1v) is 7.01. The number of hydrogen-bond acceptors (Lipinski definition) is 2. The molecule has 20 heavy (non-hydrogen) atoms. The lowest BCUT2D eigenvalue weighted by Crippen LogP contribution is -2.38. The van der Waals surface area contributed by atoms with E-state index in [1.54, 1.807) is 0 Å². The van der Waals surface area contributed by atoms with Crippen molar-refractivity contribution in [3.63, 3.8) is 0 Å². The zero-order valence-electron chi connectivity index (χ0n) is 11.8. The molecule has 0 radical (unpaired) electrons. The molecule has 0 spiro atoms. The van der Waals surface area contributed by atoms with Crippen LogP contribution in [0.2, 0.25) is 0 Å². The number of rotatable bonds is 6. The molecule has 0 atom stereocenters. The fourth-order valence-corrected chi connectivity index (χ4v) is 2.83. The summed E-state index contributed by atoms with van der Waals surface area (Å²) in [6, 6.07) is 19.5. The quantitative estimate of drug-likeness (QED) is 0.872. The molecule has 0 saturated carbocycles. The van der Waals surface area contributed by atoms with Crippen LogP contribution in [0.15, 0.2) is 60.7 Å². The Morgan fingerprint density at radius 3 is 1.75 bits per heavy atom. The Hall–Kier alpha value is -1.93. The highest BCUT2D eigenvalue weighted by Gasteiger charge is 2.39. The van der Waals surface area contributed by atoms with Gasteiger partial charge in [0.05, 0.1) is 5.41 Å². The maximum Gasteiger partial charge on any atom is 0.147 e. The summed E-state index contributed by atoms with van der Waals surface area (Å²) in [7, 11) is 0. The van der Waals surface area contributed by atoms with E-state index in [-0.39, 0.29) is 12.4 Å². The van der Waals surface area contributed by atoms with Crippen LogP contribution in [0.5, 0.6) is 0 Å². The SMILES string of the molecule is CCC(=O)C(CCO)(c1ccccc1)c1ccccc1. The first-order chi connectivity index (χ1) is 9.75. The molecule has 2 aromatic carbocycles. The molecule has 0 saturated heterocycles. The molecular formula is C18H20O2. The number of ketones is 1. The highest BCUT2D eigenvalue weighted by Crippen LogP contribution is 2.37. The van der Waals surface area contributed by atoms with E-state index in [1.807, 2.05) is 67.6 Å². The Morgan fingerprint density at radius 1 is 0.950 bits per heavy atom. The van der Waals surface area contributed by atoms with Crippen LogP contribution >= 0.6 is 0 Å². The van der Waals surface area contributed by atoms with Gasteiger partial charge in [0.1, 0.15) is 5.78 Å². The van der Waals surface area contributed by atoms with Crippen molar-refractivity contribution in [1.82, 2.24) is 0 Å². The summed E-state index contributed by atoms with van der Waals surface area (Å²) in [4.78, 5) is 12.7. The van der Waals surface area contributed by atoms with Gasteiger partial charge >= 0.3 is 0 Å². The normalized spacial score (nSPS) is 11.3. The predicted molar refractivity (Wildman–Crippen MR) is 80.7 cm³/mol. The molecule has 2 aromatic rings. The summed E-state index contributed by atoms with van der Waals surface area (Å²) in [5.41, 5.74) is 1.16. The van der Waals surface area contributed by atoms with Crippen molar-refractivity contribution in [2.45, 2.75) is 25.2 Å². The van der Waals surface area contributed by atoms with Gasteiger partial charge in [0.15, 0.2) is 0 Å². The van der Waals surface area contributed by atoms with E-state index in [4.69, 9.17) is 0 Å². The van der Waals surface area contributed by atoms with Crippen molar-refractivity contribution >= 4 is 5.78 Å². The van der Waals surface area contributed by atoms with Crippen molar-refractivity contribution in [3.05, 3.63) is 71.8 Å². The number of carbonyl (C=O) groups is 1. The Kier molecular flexibility index (Phi) is 4.70. The minimum atomic E-state index is -0.744. The van der Waals surface area contributed by atoms with Crippen molar-refractivity contribution in [3.8, 4) is 0 Å². The summed E-state index contributed by atoms with van der Waals surface area (Å²) in [5, 5.41) is 9.52. The van der Waals surface area contributed by atoms with Crippen LogP contribution in [0.1, 0.15) is 30.9 Å². The summed E-state index contributed by atoms with van der Waals surface area (Å²) in [5.74, 6) is 0.143. The zero-order chi connectivity index (χ0) is 14.4. The van der Waals surface area contributed by atoms with Gasteiger partial charge in [-0.05, 0) is 17.5 Å². The second kappa shape index (κ2) is 6.49. The van der Waals surface area contributed by atoms with Gasteiger partial charge in [-0.1, -0.05) is 67.6 Å². The molecule has 2 rings (SSSR count). The van der Waals surface area contributed by atoms with E-state index in [0.29, 0.717) is 12.8 Å². The van der Waals surface area contributed by atoms with Gasteiger partial charge in [-0.3, -0.25) is 4.79 Å². The van der Waals surface area contributed by atoms with Gasteiger partial charge in [0, 0.05) is 13.0 Å². The van der Waals surface area contributed by atoms with Gasteiger partial charge in [-0.15, -0.1) is 0 Å². The minimum absolute atomic E-state index is 0.0183. The highest BCUT2D eigenvalue weighted by molar-refractivity contribution is 5.93. The number of benzene rings is 2. The van der Waals surface area contributed by atoms with Gasteiger partial charge in [0.2, 0.25) is 0 Å². The molecule has 104 valence electrons. The van der Waals surface area contributed by atoms with Gasteiger partial charge in [-0.2, -0.15) is 0 Å². The van der Waals surface area contributed by atoms with E-state index >= 15 is 0 Å². The Labute approximate surface area is 120 Å². The largest absolute Gasteiger partial charge is 0.396 e. The van der Waals surface area contributed by atoms with E-state index < -0.39 is 5.41 Å². The van der Waals surface area contributed by atoms with Crippen LogP contribution in [0.3, 0.4) is 0 Å². The molecule has 0 aromatic heterocycles. The highest BCUT2D eigenvalue weighted by atomic mass is 16.3. The molecule has 1 N–H and O–H groups in total. The summed E-state index contributed by atoms with van der Waals surface area (Å²) in [6.07, 6.45) is 0.859. The number of aliphatic hydroxyl groups excluding tert-OH is 1. The second-order valence-electron chi connectivity index (χ2n) is 4.89. The molecule has 0 aliphatic heterocycles. The second-order valence-corrected chi connectivity index (χ2v) is 4.89. The molecule has 2 nitrogen and oxygen atoms in total. The van der Waals surface area contributed by atoms with E-state index in [2.05, 4.69) is 0 Å². The van der Waals surface area contributed by atoms with Crippen LogP contribution < -0.4 is 0 Å². The summed E-state index contributed by atoms with van der Waals surface area (Å²) in [6.45, 7) is 1.86. The minimum Gasteiger partial charge on any atom is -0.396 e. The van der Waals surface area contributed by atoms with Crippen molar-refractivity contribution in [2.24, 2.45) is 0 Å². The molecule has 0 aliphatic carbocycles. The number of hydrogen-bond donors (Lipinski definition) is 1. The molecule has 0 fully saturated rings. The molecule has 0 unspecified atom stereocenters. The third-order valence-corrected chi connectivity index (χ3v) is 3.82. The molecule has 0 aliphatic rings. The van der Waals surface area contributed by atoms with Crippen LogP contribution in [0.25, 0.3) is 0 Å². The molecule has 2 heteroatoms. The first kappa shape index (κ1) is 14.5. The lowest BCUT2D eigenvalue weighted by atomic mass is 9.68. The average molecular weight is 268 g/mol. The van der Waals surface area contributed by atoms with Crippen LogP contribution in [-0.4, -0.2) is 17.5 Å². The van der Waals surface area contributed by atoms with Crippen LogP contribution in [0, 0.1) is 0 Å². The Bertz CT molecular complexity index is 507. The van der Waals surface area contributed by atoms with E-state index in [9.17, 15) is 9.90 Å². The fourth-order valence-electron chi connectivity index (χ4n) is 2.83. The van der Waals surface area contributed by atoms with Gasteiger partial charge < -0.3 is 5.11 Å². The summed E-state index contributed by atoms with van der Waals surface area (Å²) < 4.78 is 0.